The van der Waals surface area contributed by atoms with Gasteiger partial charge in [0.15, 0.2) is 11.5 Å². The van der Waals surface area contributed by atoms with E-state index in [-0.39, 0.29) is 24.5 Å². The molecule has 0 spiro atoms. The van der Waals surface area contributed by atoms with Crippen molar-refractivity contribution in [3.8, 4) is 11.5 Å². The molecule has 2 heterocycles. The third-order valence-electron chi connectivity index (χ3n) is 6.29. The molecule has 0 radical (unpaired) electrons. The number of aryl methyl sites for hydroxylation is 1. The van der Waals surface area contributed by atoms with Crippen molar-refractivity contribution in [3.63, 3.8) is 0 Å². The number of methoxy groups -OCH3 is 1. The third-order valence-corrected chi connectivity index (χ3v) is 7.29. The van der Waals surface area contributed by atoms with E-state index in [0.29, 0.717) is 36.9 Å². The lowest BCUT2D eigenvalue weighted by Gasteiger charge is -2.37. The lowest BCUT2D eigenvalue weighted by Crippen LogP contribution is -2.48. The number of rotatable bonds is 9. The Hall–Kier alpha value is -3.52. The van der Waals surface area contributed by atoms with E-state index in [1.165, 1.54) is 4.88 Å². The smallest absolute Gasteiger partial charge is 0.322 e. The fourth-order valence-corrected chi connectivity index (χ4v) is 5.33. The van der Waals surface area contributed by atoms with Crippen molar-refractivity contribution in [2.75, 3.05) is 38.7 Å². The van der Waals surface area contributed by atoms with Gasteiger partial charge in [-0.25, -0.2) is 4.79 Å². The van der Waals surface area contributed by atoms with Crippen LogP contribution >= 0.6 is 11.3 Å². The molecule has 1 aliphatic heterocycles. The maximum Gasteiger partial charge on any atom is 0.322 e. The molecule has 7 nitrogen and oxygen atoms in total. The number of para-hydroxylation sites is 2. The number of fused-ring (bicyclic) bond motifs is 1. The molecule has 1 aliphatic rings. The largest absolute Gasteiger partial charge is 0.493 e. The number of ether oxygens (including phenoxy) is 2. The highest BCUT2D eigenvalue weighted by Crippen LogP contribution is 2.35. The number of carbonyl (C=O) groups is 2. The molecule has 1 atom stereocenters. The molecule has 4 rings (SSSR count). The molecule has 1 N–H and O–H groups in total. The Morgan fingerprint density at radius 3 is 2.58 bits per heavy atom. The molecule has 0 bridgehead atoms. The number of carbonyl (C=O) groups excluding carboxylic acids is 2. The van der Waals surface area contributed by atoms with Crippen LogP contribution in [0.25, 0.3) is 0 Å². The SMILES string of the molecule is CCCN(CC(=O)N1CCc2sccc2[C@@H]1COc1ccccc1OC)C(=O)Nc1ccc(C)cc1. The summed E-state index contributed by atoms with van der Waals surface area (Å²) in [5.74, 6) is 1.20. The van der Waals surface area contributed by atoms with E-state index in [0.717, 1.165) is 24.0 Å². The van der Waals surface area contributed by atoms with E-state index >= 15 is 0 Å². The van der Waals surface area contributed by atoms with Gasteiger partial charge in [0.05, 0.1) is 13.2 Å². The number of thiophene rings is 1. The average molecular weight is 508 g/mol. The molecule has 0 fully saturated rings. The number of hydrogen-bond donors (Lipinski definition) is 1. The number of urea groups is 1. The van der Waals surface area contributed by atoms with Gasteiger partial charge < -0.3 is 24.6 Å². The van der Waals surface area contributed by atoms with E-state index in [1.807, 2.05) is 67.3 Å². The maximum absolute atomic E-state index is 13.6. The van der Waals surface area contributed by atoms with Crippen molar-refractivity contribution >= 4 is 29.0 Å². The first-order valence-electron chi connectivity index (χ1n) is 12.2. The molecule has 0 saturated heterocycles. The first-order chi connectivity index (χ1) is 17.5. The van der Waals surface area contributed by atoms with Crippen LogP contribution in [0.5, 0.6) is 11.5 Å². The number of nitrogens with zero attached hydrogens (tertiary/aromatic N) is 2. The Morgan fingerprint density at radius 2 is 1.86 bits per heavy atom. The van der Waals surface area contributed by atoms with E-state index in [1.54, 1.807) is 23.3 Å². The van der Waals surface area contributed by atoms with Crippen molar-refractivity contribution in [2.45, 2.75) is 32.7 Å². The zero-order chi connectivity index (χ0) is 25.5. The highest BCUT2D eigenvalue weighted by Gasteiger charge is 2.33. The molecule has 2 aromatic carbocycles. The van der Waals surface area contributed by atoms with E-state index in [2.05, 4.69) is 16.8 Å². The van der Waals surface area contributed by atoms with Gasteiger partial charge in [0.2, 0.25) is 5.91 Å². The van der Waals surface area contributed by atoms with Gasteiger partial charge in [-0.05, 0) is 61.0 Å². The molecule has 0 aliphatic carbocycles. The first kappa shape index (κ1) is 25.6. The van der Waals surface area contributed by atoms with Gasteiger partial charge in [-0.3, -0.25) is 4.79 Å². The first-order valence-corrected chi connectivity index (χ1v) is 13.1. The molecule has 3 aromatic rings. The van der Waals surface area contributed by atoms with Crippen LogP contribution in [0, 0.1) is 6.92 Å². The molecule has 8 heteroatoms. The topological polar surface area (TPSA) is 71.1 Å². The van der Waals surface area contributed by atoms with Crippen LogP contribution in [0.2, 0.25) is 0 Å². The lowest BCUT2D eigenvalue weighted by atomic mass is 10.0. The fraction of sp³-hybridized carbons (Fsp3) is 0.357. The minimum absolute atomic E-state index is 0.0101. The molecule has 0 saturated carbocycles. The second-order valence-electron chi connectivity index (χ2n) is 8.83. The standard InChI is InChI=1S/C28H33N3O4S/c1-4-15-30(28(33)29-21-11-9-20(2)10-12-21)18-27(32)31-16-13-26-22(14-17-36-26)23(31)19-35-25-8-6-5-7-24(25)34-3/h5-12,14,17,23H,4,13,15-16,18-19H2,1-3H3,(H,29,33)/t23-/m0/s1. The highest BCUT2D eigenvalue weighted by atomic mass is 32.1. The molecule has 1 aromatic heterocycles. The summed E-state index contributed by atoms with van der Waals surface area (Å²) in [4.78, 5) is 31.3. The van der Waals surface area contributed by atoms with Crippen molar-refractivity contribution in [1.29, 1.82) is 0 Å². The molecular formula is C28H33N3O4S. The van der Waals surface area contributed by atoms with Gasteiger partial charge in [0.1, 0.15) is 13.2 Å². The normalized spacial score (nSPS) is 14.6. The second-order valence-corrected chi connectivity index (χ2v) is 9.83. The van der Waals surface area contributed by atoms with Crippen molar-refractivity contribution in [2.24, 2.45) is 0 Å². The van der Waals surface area contributed by atoms with Gasteiger partial charge in [0, 0.05) is 23.7 Å². The predicted octanol–water partition coefficient (Wildman–Crippen LogP) is 5.51. The summed E-state index contributed by atoms with van der Waals surface area (Å²) in [5.41, 5.74) is 2.94. The Kier molecular flexibility index (Phi) is 8.48. The summed E-state index contributed by atoms with van der Waals surface area (Å²) >= 11 is 1.71. The Balaban J connectivity index is 1.48. The molecule has 3 amide bonds. The zero-order valence-electron chi connectivity index (χ0n) is 21.0. The maximum atomic E-state index is 13.6. The number of hydrogen-bond acceptors (Lipinski definition) is 5. The van der Waals surface area contributed by atoms with Crippen LogP contribution in [0.1, 0.15) is 35.4 Å². The van der Waals surface area contributed by atoms with Crippen LogP contribution in [0.15, 0.2) is 60.0 Å². The van der Waals surface area contributed by atoms with Crippen LogP contribution in [-0.2, 0) is 11.2 Å². The van der Waals surface area contributed by atoms with Crippen molar-refractivity contribution in [3.05, 3.63) is 76.0 Å². The summed E-state index contributed by atoms with van der Waals surface area (Å²) in [7, 11) is 1.61. The number of anilines is 1. The summed E-state index contributed by atoms with van der Waals surface area (Å²) in [6.07, 6.45) is 1.55. The van der Waals surface area contributed by atoms with Gasteiger partial charge in [-0.15, -0.1) is 11.3 Å². The zero-order valence-corrected chi connectivity index (χ0v) is 21.8. The predicted molar refractivity (Wildman–Crippen MR) is 143 cm³/mol. The van der Waals surface area contributed by atoms with Gasteiger partial charge in [-0.2, -0.15) is 0 Å². The van der Waals surface area contributed by atoms with Crippen LogP contribution < -0.4 is 14.8 Å². The van der Waals surface area contributed by atoms with Crippen LogP contribution in [0.4, 0.5) is 10.5 Å². The molecule has 36 heavy (non-hydrogen) atoms. The quantitative estimate of drug-likeness (QED) is 0.414. The average Bonchev–Trinajstić information content (AvgIpc) is 3.37. The molecular weight excluding hydrogens is 474 g/mol. The molecule has 0 unspecified atom stereocenters. The monoisotopic (exact) mass is 507 g/mol. The molecule has 190 valence electrons. The number of nitrogens with one attached hydrogen (secondary N) is 1. The Bertz CT molecular complexity index is 1180. The minimum atomic E-state index is -0.274. The van der Waals surface area contributed by atoms with E-state index in [4.69, 9.17) is 9.47 Å². The lowest BCUT2D eigenvalue weighted by molar-refractivity contribution is -0.135. The van der Waals surface area contributed by atoms with Crippen molar-refractivity contribution in [1.82, 2.24) is 9.80 Å². The summed E-state index contributed by atoms with van der Waals surface area (Å²) < 4.78 is 11.6. The van der Waals surface area contributed by atoms with E-state index in [9.17, 15) is 9.59 Å². The Morgan fingerprint density at radius 1 is 1.11 bits per heavy atom. The van der Waals surface area contributed by atoms with Crippen LogP contribution in [0.3, 0.4) is 0 Å². The van der Waals surface area contributed by atoms with Gasteiger partial charge in [0.25, 0.3) is 0 Å². The highest BCUT2D eigenvalue weighted by molar-refractivity contribution is 7.10. The summed E-state index contributed by atoms with van der Waals surface area (Å²) in [5, 5.41) is 4.99. The fourth-order valence-electron chi connectivity index (χ4n) is 4.40. The van der Waals surface area contributed by atoms with Gasteiger partial charge in [-0.1, -0.05) is 36.8 Å². The third kappa shape index (κ3) is 5.99. The van der Waals surface area contributed by atoms with Crippen molar-refractivity contribution < 1.29 is 19.1 Å². The Labute approximate surface area is 216 Å². The second kappa shape index (κ2) is 11.9. The minimum Gasteiger partial charge on any atom is -0.493 e. The van der Waals surface area contributed by atoms with E-state index < -0.39 is 0 Å². The van der Waals surface area contributed by atoms with Gasteiger partial charge >= 0.3 is 6.03 Å². The summed E-state index contributed by atoms with van der Waals surface area (Å²) in [6, 6.07) is 16.7. The number of amides is 3. The number of benzene rings is 2. The summed E-state index contributed by atoms with van der Waals surface area (Å²) in [6.45, 7) is 5.39. The van der Waals surface area contributed by atoms with Crippen LogP contribution in [-0.4, -0.2) is 55.1 Å².